The molecule has 1 amide bonds. The number of aliphatic hydroxyl groups excluding tert-OH is 1. The summed E-state index contributed by atoms with van der Waals surface area (Å²) in [6, 6.07) is 8.01. The van der Waals surface area contributed by atoms with Crippen LogP contribution in [0.1, 0.15) is 25.5 Å². The van der Waals surface area contributed by atoms with Crippen LogP contribution in [0.3, 0.4) is 0 Å². The minimum Gasteiger partial charge on any atom is -0.503 e. The zero-order valence-electron chi connectivity index (χ0n) is 12.4. The number of carbonyl (C=O) groups excluding carboxylic acids is 2. The third-order valence-corrected chi connectivity index (χ3v) is 3.43. The smallest absolute Gasteiger partial charge is 0.290 e. The number of hydrogen-bond acceptors (Lipinski definition) is 5. The Labute approximate surface area is 128 Å². The number of aliphatic hydroxyl groups is 1. The molecule has 2 rings (SSSR count). The van der Waals surface area contributed by atoms with E-state index in [-0.39, 0.29) is 12.1 Å². The number of nitrogens with zero attached hydrogens (tertiary/aromatic N) is 2. The van der Waals surface area contributed by atoms with Crippen LogP contribution >= 0.6 is 0 Å². The first kappa shape index (κ1) is 15.6. The molecule has 1 aromatic carbocycles. The van der Waals surface area contributed by atoms with Crippen LogP contribution < -0.4 is 4.74 Å². The van der Waals surface area contributed by atoms with Crippen LogP contribution in [-0.4, -0.2) is 34.8 Å². The third-order valence-electron chi connectivity index (χ3n) is 3.43. The Morgan fingerprint density at radius 2 is 2.05 bits per heavy atom. The van der Waals surface area contributed by atoms with Gasteiger partial charge >= 0.3 is 0 Å². The van der Waals surface area contributed by atoms with Gasteiger partial charge in [0.15, 0.2) is 11.5 Å². The van der Waals surface area contributed by atoms with Crippen LogP contribution in [0.2, 0.25) is 0 Å². The number of ether oxygens (including phenoxy) is 1. The van der Waals surface area contributed by atoms with Crippen molar-refractivity contribution in [1.29, 1.82) is 5.26 Å². The van der Waals surface area contributed by atoms with Gasteiger partial charge in [-0.25, -0.2) is 0 Å². The van der Waals surface area contributed by atoms with E-state index in [1.165, 1.54) is 11.8 Å². The van der Waals surface area contributed by atoms with E-state index in [1.54, 1.807) is 24.3 Å². The fourth-order valence-corrected chi connectivity index (χ4v) is 2.51. The van der Waals surface area contributed by atoms with Crippen LogP contribution in [-0.2, 0) is 9.59 Å². The molecule has 0 unspecified atom stereocenters. The predicted octanol–water partition coefficient (Wildman–Crippen LogP) is 1.89. The van der Waals surface area contributed by atoms with E-state index < -0.39 is 23.5 Å². The summed E-state index contributed by atoms with van der Waals surface area (Å²) < 4.78 is 5.35. The molecule has 0 aromatic heterocycles. The summed E-state index contributed by atoms with van der Waals surface area (Å²) in [6.45, 7) is 3.47. The van der Waals surface area contributed by atoms with E-state index in [0.717, 1.165) is 0 Å². The van der Waals surface area contributed by atoms with E-state index in [1.807, 2.05) is 13.0 Å². The third kappa shape index (κ3) is 2.66. The quantitative estimate of drug-likeness (QED) is 0.839. The highest BCUT2D eigenvalue weighted by Crippen LogP contribution is 2.37. The Kier molecular flexibility index (Phi) is 4.47. The molecular formula is C16H16N2O4. The van der Waals surface area contributed by atoms with Crippen LogP contribution in [0, 0.1) is 11.3 Å². The molecule has 1 aromatic rings. The summed E-state index contributed by atoms with van der Waals surface area (Å²) >= 11 is 0. The second-order valence-corrected chi connectivity index (χ2v) is 4.81. The summed E-state index contributed by atoms with van der Waals surface area (Å²) in [5.74, 6) is -1.02. The second kappa shape index (κ2) is 6.31. The molecule has 6 heteroatoms. The lowest BCUT2D eigenvalue weighted by Gasteiger charge is -2.24. The second-order valence-electron chi connectivity index (χ2n) is 4.81. The van der Waals surface area contributed by atoms with Gasteiger partial charge in [0.05, 0.1) is 24.3 Å². The van der Waals surface area contributed by atoms with Gasteiger partial charge in [-0.2, -0.15) is 5.26 Å². The van der Waals surface area contributed by atoms with Crippen molar-refractivity contribution in [1.82, 2.24) is 4.90 Å². The summed E-state index contributed by atoms with van der Waals surface area (Å²) in [5.41, 5.74) is 0.658. The van der Waals surface area contributed by atoms with E-state index in [0.29, 0.717) is 17.9 Å². The Morgan fingerprint density at radius 1 is 1.41 bits per heavy atom. The molecule has 1 N–H and O–H groups in total. The van der Waals surface area contributed by atoms with Gasteiger partial charge in [0.25, 0.3) is 5.91 Å². The molecule has 22 heavy (non-hydrogen) atoms. The molecule has 0 spiro atoms. The molecule has 0 saturated heterocycles. The monoisotopic (exact) mass is 300 g/mol. The maximum Gasteiger partial charge on any atom is 0.290 e. The number of amides is 1. The van der Waals surface area contributed by atoms with Crippen molar-refractivity contribution in [2.75, 3.05) is 13.2 Å². The number of Topliss-reactive ketones (excluding diaryl/α,β-unsaturated/α-hetero) is 1. The van der Waals surface area contributed by atoms with Gasteiger partial charge < -0.3 is 14.7 Å². The number of benzene rings is 1. The molecule has 0 bridgehead atoms. The van der Waals surface area contributed by atoms with Crippen molar-refractivity contribution in [2.24, 2.45) is 0 Å². The highest BCUT2D eigenvalue weighted by molar-refractivity contribution is 6.08. The Balaban J connectivity index is 2.45. The van der Waals surface area contributed by atoms with E-state index in [9.17, 15) is 14.7 Å². The van der Waals surface area contributed by atoms with E-state index in [4.69, 9.17) is 10.00 Å². The van der Waals surface area contributed by atoms with Gasteiger partial charge in [-0.05, 0) is 31.5 Å². The minimum atomic E-state index is -0.750. The zero-order chi connectivity index (χ0) is 16.3. The van der Waals surface area contributed by atoms with Gasteiger partial charge in [0.1, 0.15) is 12.3 Å². The highest BCUT2D eigenvalue weighted by atomic mass is 16.5. The molecule has 0 radical (unpaired) electrons. The SMILES string of the molecule is CCOc1ccc([C@@H]2C(C(C)=O)=C(O)C(=O)N2CC#N)cc1. The average molecular weight is 300 g/mol. The first-order valence-corrected chi connectivity index (χ1v) is 6.86. The van der Waals surface area contributed by atoms with Crippen molar-refractivity contribution >= 4 is 11.7 Å². The van der Waals surface area contributed by atoms with Gasteiger partial charge in [-0.1, -0.05) is 12.1 Å². The fourth-order valence-electron chi connectivity index (χ4n) is 2.51. The molecule has 1 aliphatic heterocycles. The van der Waals surface area contributed by atoms with Crippen molar-refractivity contribution in [3.05, 3.63) is 41.2 Å². The Bertz CT molecular complexity index is 670. The molecule has 0 fully saturated rings. The molecule has 1 aliphatic rings. The van der Waals surface area contributed by atoms with Crippen LogP contribution in [0.25, 0.3) is 0 Å². The topological polar surface area (TPSA) is 90.6 Å². The largest absolute Gasteiger partial charge is 0.503 e. The lowest BCUT2D eigenvalue weighted by molar-refractivity contribution is -0.128. The molecule has 1 atom stereocenters. The summed E-state index contributed by atoms with van der Waals surface area (Å²) in [5, 5.41) is 18.8. The highest BCUT2D eigenvalue weighted by Gasteiger charge is 2.42. The maximum atomic E-state index is 12.1. The van der Waals surface area contributed by atoms with Crippen LogP contribution in [0.4, 0.5) is 0 Å². The number of rotatable bonds is 5. The van der Waals surface area contributed by atoms with Crippen molar-refractivity contribution in [3.8, 4) is 11.8 Å². The normalized spacial score (nSPS) is 17.6. The zero-order valence-corrected chi connectivity index (χ0v) is 12.4. The number of nitriles is 1. The van der Waals surface area contributed by atoms with E-state index >= 15 is 0 Å². The lowest BCUT2D eigenvalue weighted by Crippen LogP contribution is -2.31. The standard InChI is InChI=1S/C16H16N2O4/c1-3-22-12-6-4-11(5-7-12)14-13(10(2)19)15(20)16(21)18(14)9-8-17/h4-7,14,20H,3,9H2,1-2H3/t14-/m1/s1. The van der Waals surface area contributed by atoms with Crippen molar-refractivity contribution in [2.45, 2.75) is 19.9 Å². The lowest BCUT2D eigenvalue weighted by atomic mass is 9.97. The average Bonchev–Trinajstić information content (AvgIpc) is 2.74. The Morgan fingerprint density at radius 3 is 2.55 bits per heavy atom. The Hall–Kier alpha value is -2.81. The molecule has 0 aliphatic carbocycles. The minimum absolute atomic E-state index is 0.0180. The maximum absolute atomic E-state index is 12.1. The summed E-state index contributed by atoms with van der Waals surface area (Å²) in [7, 11) is 0. The van der Waals surface area contributed by atoms with Crippen LogP contribution in [0.5, 0.6) is 5.75 Å². The number of hydrogen-bond donors (Lipinski definition) is 1. The molecule has 1 heterocycles. The molecule has 0 saturated carbocycles. The van der Waals surface area contributed by atoms with Crippen molar-refractivity contribution < 1.29 is 19.4 Å². The molecule has 6 nitrogen and oxygen atoms in total. The van der Waals surface area contributed by atoms with Gasteiger partial charge in [0.2, 0.25) is 0 Å². The fraction of sp³-hybridized carbons (Fsp3) is 0.312. The number of ketones is 1. The first-order chi connectivity index (χ1) is 10.5. The molecular weight excluding hydrogens is 284 g/mol. The van der Waals surface area contributed by atoms with Gasteiger partial charge in [-0.3, -0.25) is 9.59 Å². The summed E-state index contributed by atoms with van der Waals surface area (Å²) in [4.78, 5) is 25.0. The predicted molar refractivity (Wildman–Crippen MR) is 78.0 cm³/mol. The van der Waals surface area contributed by atoms with E-state index in [2.05, 4.69) is 0 Å². The first-order valence-electron chi connectivity index (χ1n) is 6.86. The van der Waals surface area contributed by atoms with Gasteiger partial charge in [0, 0.05) is 0 Å². The number of carbonyl (C=O) groups is 2. The van der Waals surface area contributed by atoms with Gasteiger partial charge in [-0.15, -0.1) is 0 Å². The summed E-state index contributed by atoms with van der Waals surface area (Å²) in [6.07, 6.45) is 0. The molecule has 114 valence electrons. The van der Waals surface area contributed by atoms with Crippen LogP contribution in [0.15, 0.2) is 35.6 Å². The van der Waals surface area contributed by atoms with Crippen molar-refractivity contribution in [3.63, 3.8) is 0 Å².